The number of aromatic nitrogens is 4. The van der Waals surface area contributed by atoms with Crippen LogP contribution in [-0.4, -0.2) is 85.6 Å². The molecule has 0 spiro atoms. The minimum Gasteiger partial charge on any atom is -0.480 e. The van der Waals surface area contributed by atoms with Crippen LogP contribution in [0.5, 0.6) is 5.88 Å². The van der Waals surface area contributed by atoms with Gasteiger partial charge in [-0.15, -0.1) is 5.10 Å². The Morgan fingerprint density at radius 2 is 1.97 bits per heavy atom. The van der Waals surface area contributed by atoms with Crippen LogP contribution in [0.3, 0.4) is 0 Å². The lowest BCUT2D eigenvalue weighted by Crippen LogP contribution is -2.56. The van der Waals surface area contributed by atoms with E-state index < -0.39 is 55.0 Å². The van der Waals surface area contributed by atoms with E-state index in [2.05, 4.69) is 20.4 Å². The number of fused-ring (bicyclic) bond motifs is 1. The minimum absolute atomic E-state index is 0.128. The smallest absolute Gasteiger partial charge is 0.426 e. The topological polar surface area (TPSA) is 148 Å². The van der Waals surface area contributed by atoms with Crippen molar-refractivity contribution in [2.75, 3.05) is 25.9 Å². The highest BCUT2D eigenvalue weighted by molar-refractivity contribution is 5.98. The van der Waals surface area contributed by atoms with E-state index >= 15 is 0 Å². The molecule has 3 atom stereocenters. The van der Waals surface area contributed by atoms with Gasteiger partial charge < -0.3 is 25.8 Å². The molecule has 1 aliphatic rings. The molecule has 0 aromatic carbocycles. The number of nitrogens with zero attached hydrogens (tertiary/aromatic N) is 5. The van der Waals surface area contributed by atoms with Gasteiger partial charge in [0.2, 0.25) is 11.5 Å². The minimum atomic E-state index is -5.28. The number of alkyl halides is 4. The van der Waals surface area contributed by atoms with E-state index in [0.717, 1.165) is 4.52 Å². The molecular weight excluding hydrogens is 509 g/mol. The molecule has 0 saturated carbocycles. The summed E-state index contributed by atoms with van der Waals surface area (Å²) < 4.78 is 73.6. The molecule has 0 bridgehead atoms. The van der Waals surface area contributed by atoms with Gasteiger partial charge in [0.1, 0.15) is 17.3 Å². The molecule has 16 heteroatoms. The van der Waals surface area contributed by atoms with Gasteiger partial charge in [0, 0.05) is 18.3 Å². The number of nitrogens with two attached hydrogens (primary N) is 1. The highest BCUT2D eigenvalue weighted by atomic mass is 19.4. The molecule has 1 aliphatic heterocycles. The van der Waals surface area contributed by atoms with Gasteiger partial charge in [-0.25, -0.2) is 13.9 Å². The Labute approximate surface area is 205 Å². The molecule has 4 N–H and O–H groups in total. The first-order valence-corrected chi connectivity index (χ1v) is 10.6. The van der Waals surface area contributed by atoms with Crippen LogP contribution in [-0.2, 0) is 4.79 Å². The molecule has 0 unspecified atom stereocenters. The number of methoxy groups -OCH3 is 1. The Hall–Kier alpha value is -4.08. The first-order valence-electron chi connectivity index (χ1n) is 10.6. The molecule has 0 aliphatic carbocycles. The van der Waals surface area contributed by atoms with Crippen LogP contribution in [0, 0.1) is 6.08 Å². The zero-order valence-corrected chi connectivity index (χ0v) is 19.3. The number of ether oxygens (including phenoxy) is 1. The zero-order chi connectivity index (χ0) is 27.3. The average molecular weight is 529 g/mol. The van der Waals surface area contributed by atoms with Gasteiger partial charge in [-0.1, -0.05) is 0 Å². The third kappa shape index (κ3) is 4.59. The van der Waals surface area contributed by atoms with Crippen molar-refractivity contribution in [3.05, 3.63) is 36.0 Å². The molecule has 198 valence electrons. The summed E-state index contributed by atoms with van der Waals surface area (Å²) in [5.74, 6) is -2.94. The number of halogens is 5. The quantitative estimate of drug-likeness (QED) is 0.417. The predicted octanol–water partition coefficient (Wildman–Crippen LogP) is 1.11. The number of hydrogen-bond acceptors (Lipinski definition) is 8. The largest absolute Gasteiger partial charge is 0.480 e. The fourth-order valence-corrected chi connectivity index (χ4v) is 3.87. The molecular formula is C21H20F5N7O4. The van der Waals surface area contributed by atoms with Crippen molar-refractivity contribution in [2.45, 2.75) is 30.9 Å². The van der Waals surface area contributed by atoms with E-state index in [9.17, 15) is 36.6 Å². The molecule has 4 heterocycles. The number of anilines is 1. The summed E-state index contributed by atoms with van der Waals surface area (Å²) >= 11 is 0. The van der Waals surface area contributed by atoms with Crippen LogP contribution >= 0.6 is 0 Å². The standard InChI is InChI=1S/C21H20F5N7O4/c1-20(36,21(24,25)26)18(35)32-7-11(22)12(8-32)29-16(34)10-5-9(6-28-17(10)37-2)13-3-4-14-15(27)30-19(23)31-33(13)14/h3-6,11-12,36H,7-8H2,1-2H3,(H,29,34)(H2,27,30,31)/t11-,12+,20+/m0/s1. The summed E-state index contributed by atoms with van der Waals surface area (Å²) in [7, 11) is 1.22. The number of aliphatic hydroxyl groups is 1. The van der Waals surface area contributed by atoms with Crippen LogP contribution in [0.15, 0.2) is 24.4 Å². The summed E-state index contributed by atoms with van der Waals surface area (Å²) in [4.78, 5) is 33.2. The monoisotopic (exact) mass is 529 g/mol. The van der Waals surface area contributed by atoms with Gasteiger partial charge in [-0.3, -0.25) is 9.59 Å². The van der Waals surface area contributed by atoms with Gasteiger partial charge in [-0.05, 0) is 25.1 Å². The SMILES string of the molecule is COc1ncc(-c2ccc3c(N)nc(F)nn23)cc1C(=O)N[C@@H]1CN(C(=O)[C@@](C)(O)C(F)(F)F)C[C@@H]1F. The Morgan fingerprint density at radius 1 is 1.27 bits per heavy atom. The van der Waals surface area contributed by atoms with E-state index in [1.54, 1.807) is 0 Å². The number of hydrogen-bond donors (Lipinski definition) is 3. The van der Waals surface area contributed by atoms with Gasteiger partial charge in [0.25, 0.3) is 11.8 Å². The average Bonchev–Trinajstić information content (AvgIpc) is 3.41. The number of pyridine rings is 1. The van der Waals surface area contributed by atoms with Gasteiger partial charge in [0.05, 0.1) is 25.4 Å². The second-order valence-corrected chi connectivity index (χ2v) is 8.44. The second-order valence-electron chi connectivity index (χ2n) is 8.44. The summed E-state index contributed by atoms with van der Waals surface area (Å²) in [5, 5.41) is 15.6. The second kappa shape index (κ2) is 9.10. The molecule has 2 amide bonds. The maximum absolute atomic E-state index is 14.6. The number of rotatable bonds is 5. The third-order valence-electron chi connectivity index (χ3n) is 5.92. The molecule has 0 radical (unpaired) electrons. The van der Waals surface area contributed by atoms with E-state index in [-0.39, 0.29) is 41.0 Å². The van der Waals surface area contributed by atoms with E-state index in [1.165, 1.54) is 31.5 Å². The molecule has 3 aromatic heterocycles. The molecule has 1 fully saturated rings. The molecule has 3 aromatic rings. The van der Waals surface area contributed by atoms with Gasteiger partial charge in [0.15, 0.2) is 5.82 Å². The van der Waals surface area contributed by atoms with Gasteiger partial charge in [-0.2, -0.15) is 22.5 Å². The van der Waals surface area contributed by atoms with Crippen molar-refractivity contribution in [1.29, 1.82) is 0 Å². The summed E-state index contributed by atoms with van der Waals surface area (Å²) in [6.07, 6.45) is -6.99. The number of nitrogens with one attached hydrogen (secondary N) is 1. The predicted molar refractivity (Wildman–Crippen MR) is 117 cm³/mol. The van der Waals surface area contributed by atoms with Crippen LogP contribution in [0.2, 0.25) is 0 Å². The number of amides is 2. The van der Waals surface area contributed by atoms with Crippen molar-refractivity contribution in [3.63, 3.8) is 0 Å². The Morgan fingerprint density at radius 3 is 2.62 bits per heavy atom. The van der Waals surface area contributed by atoms with Crippen molar-refractivity contribution in [2.24, 2.45) is 0 Å². The lowest BCUT2D eigenvalue weighted by atomic mass is 10.1. The van der Waals surface area contributed by atoms with Crippen LogP contribution in [0.4, 0.5) is 27.8 Å². The van der Waals surface area contributed by atoms with Crippen LogP contribution in [0.25, 0.3) is 16.8 Å². The first kappa shape index (κ1) is 26.0. The van der Waals surface area contributed by atoms with Crippen molar-refractivity contribution < 1.29 is 41.4 Å². The van der Waals surface area contributed by atoms with Crippen molar-refractivity contribution in [1.82, 2.24) is 29.8 Å². The first-order chi connectivity index (χ1) is 17.2. The van der Waals surface area contributed by atoms with Crippen LogP contribution < -0.4 is 15.8 Å². The lowest BCUT2D eigenvalue weighted by Gasteiger charge is -2.29. The Balaban J connectivity index is 1.59. The molecule has 11 nitrogen and oxygen atoms in total. The third-order valence-corrected chi connectivity index (χ3v) is 5.92. The zero-order valence-electron chi connectivity index (χ0n) is 19.3. The maximum atomic E-state index is 14.6. The lowest BCUT2D eigenvalue weighted by molar-refractivity contribution is -0.249. The maximum Gasteiger partial charge on any atom is 0.426 e. The van der Waals surface area contributed by atoms with E-state index in [4.69, 9.17) is 10.5 Å². The number of nitrogen functional groups attached to an aromatic ring is 1. The molecule has 4 rings (SSSR count). The fourth-order valence-electron chi connectivity index (χ4n) is 3.87. The normalized spacial score (nSPS) is 19.6. The van der Waals surface area contributed by atoms with E-state index in [0.29, 0.717) is 4.90 Å². The van der Waals surface area contributed by atoms with Crippen molar-refractivity contribution >= 4 is 23.1 Å². The fraction of sp³-hybridized carbons (Fsp3) is 0.381. The highest BCUT2D eigenvalue weighted by Gasteiger charge is 2.58. The Kier molecular flexibility index (Phi) is 6.39. The molecule has 1 saturated heterocycles. The van der Waals surface area contributed by atoms with Crippen molar-refractivity contribution in [3.8, 4) is 17.1 Å². The summed E-state index contributed by atoms with van der Waals surface area (Å²) in [6, 6.07) is 2.96. The highest BCUT2D eigenvalue weighted by Crippen LogP contribution is 2.33. The number of carbonyl (C=O) groups is 2. The van der Waals surface area contributed by atoms with Gasteiger partial charge >= 0.3 is 12.3 Å². The van der Waals surface area contributed by atoms with Crippen LogP contribution in [0.1, 0.15) is 17.3 Å². The summed E-state index contributed by atoms with van der Waals surface area (Å²) in [5.41, 5.74) is 2.63. The number of likely N-dealkylation sites (tertiary alicyclic amines) is 1. The number of carbonyl (C=O) groups excluding carboxylic acids is 2. The Bertz CT molecular complexity index is 1380. The molecule has 37 heavy (non-hydrogen) atoms. The summed E-state index contributed by atoms with van der Waals surface area (Å²) in [6.45, 7) is -1.12. The van der Waals surface area contributed by atoms with E-state index in [1.807, 2.05) is 0 Å².